The first-order valence-electron chi connectivity index (χ1n) is 9.05. The van der Waals surface area contributed by atoms with Gasteiger partial charge in [0.15, 0.2) is 11.6 Å². The van der Waals surface area contributed by atoms with Crippen LogP contribution in [-0.4, -0.2) is 46.5 Å². The van der Waals surface area contributed by atoms with E-state index in [9.17, 15) is 13.6 Å². The molecule has 9 heteroatoms. The summed E-state index contributed by atoms with van der Waals surface area (Å²) in [6, 6.07) is 8.64. The lowest BCUT2D eigenvalue weighted by molar-refractivity contribution is 0.0678. The van der Waals surface area contributed by atoms with Gasteiger partial charge in [-0.2, -0.15) is 0 Å². The topological polar surface area (TPSA) is 58.6 Å². The molecule has 3 heterocycles. The van der Waals surface area contributed by atoms with Crippen LogP contribution in [0.25, 0.3) is 0 Å². The van der Waals surface area contributed by atoms with Gasteiger partial charge in [-0.3, -0.25) is 4.79 Å². The summed E-state index contributed by atoms with van der Waals surface area (Å²) in [5.41, 5.74) is 0. The summed E-state index contributed by atoms with van der Waals surface area (Å²) in [7, 11) is 0. The van der Waals surface area contributed by atoms with E-state index >= 15 is 0 Å². The van der Waals surface area contributed by atoms with E-state index in [2.05, 4.69) is 9.97 Å². The van der Waals surface area contributed by atoms with E-state index < -0.39 is 11.6 Å². The van der Waals surface area contributed by atoms with Crippen LogP contribution >= 0.6 is 11.3 Å². The highest BCUT2D eigenvalue weighted by Crippen LogP contribution is 2.25. The molecule has 1 amide bonds. The van der Waals surface area contributed by atoms with Crippen molar-refractivity contribution in [2.45, 2.75) is 13.0 Å². The van der Waals surface area contributed by atoms with E-state index in [1.54, 1.807) is 6.07 Å². The molecule has 1 fully saturated rings. The maximum absolute atomic E-state index is 13.4. The third-order valence-electron chi connectivity index (χ3n) is 4.69. The van der Waals surface area contributed by atoms with Crippen LogP contribution in [0.4, 0.5) is 14.6 Å². The van der Waals surface area contributed by atoms with Gasteiger partial charge in [-0.15, -0.1) is 11.3 Å². The summed E-state index contributed by atoms with van der Waals surface area (Å²) in [6.07, 6.45) is 1.36. The van der Waals surface area contributed by atoms with Crippen LogP contribution in [0, 0.1) is 11.6 Å². The normalized spacial score (nSPS) is 16.7. The summed E-state index contributed by atoms with van der Waals surface area (Å²) in [5.74, 6) is -0.870. The predicted molar refractivity (Wildman–Crippen MR) is 105 cm³/mol. The maximum Gasteiger partial charge on any atom is 0.264 e. The van der Waals surface area contributed by atoms with Crippen molar-refractivity contribution in [3.63, 3.8) is 0 Å². The van der Waals surface area contributed by atoms with Crippen molar-refractivity contribution in [3.05, 3.63) is 64.6 Å². The fraction of sp³-hybridized carbons (Fsp3) is 0.250. The molecule has 1 atom stereocenters. The van der Waals surface area contributed by atoms with Gasteiger partial charge in [-0.25, -0.2) is 18.7 Å². The van der Waals surface area contributed by atoms with Crippen molar-refractivity contribution in [2.24, 2.45) is 0 Å². The molecule has 1 aromatic carbocycles. The Balaban J connectivity index is 1.45. The molecular formula is C20H18F2N4O2S. The van der Waals surface area contributed by atoms with Crippen molar-refractivity contribution in [3.8, 4) is 11.6 Å². The third kappa shape index (κ3) is 4.19. The molecule has 150 valence electrons. The van der Waals surface area contributed by atoms with Crippen molar-refractivity contribution < 1.29 is 18.3 Å². The van der Waals surface area contributed by atoms with Gasteiger partial charge in [0.25, 0.3) is 5.91 Å². The highest BCUT2D eigenvalue weighted by atomic mass is 32.1. The van der Waals surface area contributed by atoms with Crippen LogP contribution < -0.4 is 9.64 Å². The molecule has 1 aliphatic heterocycles. The average Bonchev–Trinajstić information content (AvgIpc) is 3.25. The van der Waals surface area contributed by atoms with E-state index in [1.807, 2.05) is 34.2 Å². The van der Waals surface area contributed by atoms with Crippen LogP contribution in [-0.2, 0) is 0 Å². The number of carbonyl (C=O) groups excluding carboxylic acids is 1. The lowest BCUT2D eigenvalue weighted by atomic mass is 10.2. The molecule has 1 unspecified atom stereocenters. The third-order valence-corrected chi connectivity index (χ3v) is 5.54. The maximum atomic E-state index is 13.4. The molecule has 6 nitrogen and oxygen atoms in total. The molecule has 3 aromatic rings. The predicted octanol–water partition coefficient (Wildman–Crippen LogP) is 3.96. The number of carbonyl (C=O) groups is 1. The number of amides is 1. The first kappa shape index (κ1) is 19.3. The molecule has 29 heavy (non-hydrogen) atoms. The molecule has 0 N–H and O–H groups in total. The van der Waals surface area contributed by atoms with E-state index in [4.69, 9.17) is 4.74 Å². The fourth-order valence-corrected chi connectivity index (χ4v) is 3.91. The highest BCUT2D eigenvalue weighted by molar-refractivity contribution is 7.12. The minimum absolute atomic E-state index is 0.00359. The number of hydrogen-bond acceptors (Lipinski definition) is 6. The second-order valence-corrected chi connectivity index (χ2v) is 7.61. The summed E-state index contributed by atoms with van der Waals surface area (Å²) in [5, 5.41) is 1.89. The van der Waals surface area contributed by atoms with Gasteiger partial charge in [0, 0.05) is 37.8 Å². The first-order chi connectivity index (χ1) is 14.0. The van der Waals surface area contributed by atoms with Gasteiger partial charge in [0.2, 0.25) is 5.88 Å². The molecule has 2 aromatic heterocycles. The van der Waals surface area contributed by atoms with Crippen LogP contribution in [0.3, 0.4) is 0 Å². The lowest BCUT2D eigenvalue weighted by Crippen LogP contribution is -2.54. The van der Waals surface area contributed by atoms with E-state index in [0.29, 0.717) is 25.5 Å². The summed E-state index contributed by atoms with van der Waals surface area (Å²) >= 11 is 1.44. The lowest BCUT2D eigenvalue weighted by Gasteiger charge is -2.40. The van der Waals surface area contributed by atoms with E-state index in [0.717, 1.165) is 17.0 Å². The van der Waals surface area contributed by atoms with Crippen molar-refractivity contribution in [2.75, 3.05) is 24.5 Å². The number of thiophene rings is 1. The molecular weight excluding hydrogens is 398 g/mol. The minimum atomic E-state index is -0.989. The molecule has 1 saturated heterocycles. The zero-order valence-electron chi connectivity index (χ0n) is 15.6. The van der Waals surface area contributed by atoms with Crippen LogP contribution in [0.5, 0.6) is 11.6 Å². The zero-order chi connectivity index (χ0) is 20.4. The number of ether oxygens (including phenoxy) is 1. The summed E-state index contributed by atoms with van der Waals surface area (Å²) < 4.78 is 32.0. The Morgan fingerprint density at radius 2 is 2.03 bits per heavy atom. The second kappa shape index (κ2) is 8.12. The molecule has 0 bridgehead atoms. The fourth-order valence-electron chi connectivity index (χ4n) is 3.23. The number of aromatic nitrogens is 2. The minimum Gasteiger partial charge on any atom is -0.439 e. The van der Waals surface area contributed by atoms with Gasteiger partial charge in [0.1, 0.15) is 17.9 Å². The van der Waals surface area contributed by atoms with Gasteiger partial charge in [-0.05, 0) is 30.5 Å². The number of piperazine rings is 1. The van der Waals surface area contributed by atoms with Gasteiger partial charge >= 0.3 is 0 Å². The molecule has 1 aliphatic rings. The Labute approximate surface area is 170 Å². The quantitative estimate of drug-likeness (QED) is 0.644. The number of rotatable bonds is 4. The zero-order valence-corrected chi connectivity index (χ0v) is 16.4. The first-order valence-corrected chi connectivity index (χ1v) is 9.93. The van der Waals surface area contributed by atoms with Gasteiger partial charge in [0.05, 0.1) is 4.88 Å². The molecule has 0 radical (unpaired) electrons. The summed E-state index contributed by atoms with van der Waals surface area (Å²) in [6.45, 7) is 3.79. The Morgan fingerprint density at radius 3 is 2.76 bits per heavy atom. The monoisotopic (exact) mass is 416 g/mol. The largest absolute Gasteiger partial charge is 0.439 e. The van der Waals surface area contributed by atoms with Crippen LogP contribution in [0.15, 0.2) is 48.1 Å². The summed E-state index contributed by atoms with van der Waals surface area (Å²) in [4.78, 5) is 25.6. The molecule has 0 saturated carbocycles. The second-order valence-electron chi connectivity index (χ2n) is 6.66. The van der Waals surface area contributed by atoms with Crippen LogP contribution in [0.2, 0.25) is 0 Å². The van der Waals surface area contributed by atoms with Gasteiger partial charge < -0.3 is 14.5 Å². The van der Waals surface area contributed by atoms with Gasteiger partial charge in [-0.1, -0.05) is 6.07 Å². The highest BCUT2D eigenvalue weighted by Gasteiger charge is 2.29. The average molecular weight is 416 g/mol. The SMILES string of the molecule is CC1CN(c2cc(Oc3ccc(F)c(F)c3)ncn2)CCN1C(=O)c1cccs1. The number of anilines is 1. The van der Waals surface area contributed by atoms with Crippen molar-refractivity contribution in [1.29, 1.82) is 0 Å². The van der Waals surface area contributed by atoms with Crippen molar-refractivity contribution in [1.82, 2.24) is 14.9 Å². The number of halogens is 2. The Kier molecular flexibility index (Phi) is 5.39. The van der Waals surface area contributed by atoms with E-state index in [1.165, 1.54) is 23.7 Å². The Bertz CT molecular complexity index is 1020. The van der Waals surface area contributed by atoms with Crippen molar-refractivity contribution >= 4 is 23.1 Å². The van der Waals surface area contributed by atoms with E-state index in [-0.39, 0.29) is 23.6 Å². The van der Waals surface area contributed by atoms with Crippen LogP contribution in [0.1, 0.15) is 16.6 Å². The Morgan fingerprint density at radius 1 is 1.17 bits per heavy atom. The number of hydrogen-bond donors (Lipinski definition) is 0. The standard InChI is InChI=1S/C20H18F2N4O2S/c1-13-11-25(6-7-26(13)20(27)17-3-2-8-29-17)18-10-19(24-12-23-18)28-14-4-5-15(21)16(22)9-14/h2-5,8-10,12-13H,6-7,11H2,1H3. The molecule has 4 rings (SSSR count). The molecule has 0 aliphatic carbocycles. The Hall–Kier alpha value is -3.07. The number of benzene rings is 1. The molecule has 0 spiro atoms. The number of nitrogens with zero attached hydrogens (tertiary/aromatic N) is 4. The smallest absolute Gasteiger partial charge is 0.264 e.